The highest BCUT2D eigenvalue weighted by molar-refractivity contribution is 9.10. The van der Waals surface area contributed by atoms with E-state index < -0.39 is 5.54 Å². The van der Waals surface area contributed by atoms with E-state index in [1.165, 1.54) is 6.07 Å². The predicted molar refractivity (Wildman–Crippen MR) is 77.3 cm³/mol. The van der Waals surface area contributed by atoms with Gasteiger partial charge in [-0.25, -0.2) is 4.39 Å². The summed E-state index contributed by atoms with van der Waals surface area (Å²) in [5, 5.41) is 2.82. The summed E-state index contributed by atoms with van der Waals surface area (Å²) in [7, 11) is 0. The van der Waals surface area contributed by atoms with Gasteiger partial charge in [0.2, 0.25) is 5.91 Å². The number of nitrogens with one attached hydrogen (secondary N) is 1. The molecule has 5 heteroatoms. The zero-order valence-electron chi connectivity index (χ0n) is 10.9. The van der Waals surface area contributed by atoms with Crippen molar-refractivity contribution in [2.24, 2.45) is 11.7 Å². The minimum atomic E-state index is -0.459. The highest BCUT2D eigenvalue weighted by Crippen LogP contribution is 2.32. The first-order valence-corrected chi connectivity index (χ1v) is 7.24. The number of hydrogen-bond donors (Lipinski definition) is 2. The molecule has 0 spiro atoms. The van der Waals surface area contributed by atoms with E-state index in [1.807, 2.05) is 6.92 Å². The normalized spacial score (nSPS) is 27.1. The van der Waals surface area contributed by atoms with Gasteiger partial charge in [-0.3, -0.25) is 4.79 Å². The van der Waals surface area contributed by atoms with E-state index in [0.717, 1.165) is 25.7 Å². The molecule has 0 heterocycles. The smallest absolute Gasteiger partial charge is 0.229 e. The van der Waals surface area contributed by atoms with Crippen LogP contribution in [0.1, 0.15) is 32.6 Å². The van der Waals surface area contributed by atoms with E-state index in [2.05, 4.69) is 21.2 Å². The molecular formula is C14H18BrFN2O. The molecule has 0 saturated heterocycles. The van der Waals surface area contributed by atoms with Crippen molar-refractivity contribution in [3.05, 3.63) is 28.5 Å². The first-order valence-electron chi connectivity index (χ1n) is 6.45. The molecule has 104 valence electrons. The summed E-state index contributed by atoms with van der Waals surface area (Å²) >= 11 is 3.10. The minimum Gasteiger partial charge on any atom is -0.326 e. The molecule has 1 fully saturated rings. The number of carbonyl (C=O) groups is 1. The number of benzene rings is 1. The van der Waals surface area contributed by atoms with Crippen molar-refractivity contribution < 1.29 is 9.18 Å². The molecule has 1 aliphatic rings. The van der Waals surface area contributed by atoms with Crippen molar-refractivity contribution in [1.29, 1.82) is 0 Å². The summed E-state index contributed by atoms with van der Waals surface area (Å²) in [6.07, 6.45) is 3.76. The van der Waals surface area contributed by atoms with E-state index in [9.17, 15) is 9.18 Å². The summed E-state index contributed by atoms with van der Waals surface area (Å²) in [5.74, 6) is -0.618. The van der Waals surface area contributed by atoms with Crippen LogP contribution in [0, 0.1) is 11.7 Å². The Hall–Kier alpha value is -0.940. The monoisotopic (exact) mass is 328 g/mol. The molecular weight excluding hydrogens is 311 g/mol. The van der Waals surface area contributed by atoms with Crippen molar-refractivity contribution >= 4 is 27.5 Å². The van der Waals surface area contributed by atoms with Crippen molar-refractivity contribution in [3.8, 4) is 0 Å². The number of halogens is 2. The zero-order valence-corrected chi connectivity index (χ0v) is 12.5. The zero-order chi connectivity index (χ0) is 14.0. The lowest BCUT2D eigenvalue weighted by Gasteiger charge is -2.37. The Morgan fingerprint density at radius 3 is 2.89 bits per heavy atom. The summed E-state index contributed by atoms with van der Waals surface area (Å²) in [4.78, 5) is 12.3. The van der Waals surface area contributed by atoms with Crippen molar-refractivity contribution in [2.75, 3.05) is 5.32 Å². The molecule has 0 aromatic heterocycles. The van der Waals surface area contributed by atoms with E-state index in [-0.39, 0.29) is 17.6 Å². The van der Waals surface area contributed by atoms with E-state index in [1.54, 1.807) is 12.1 Å². The Labute approximate surface area is 120 Å². The maximum atomic E-state index is 13.1. The van der Waals surface area contributed by atoms with Crippen LogP contribution in [0.4, 0.5) is 10.1 Å². The minimum absolute atomic E-state index is 0.0804. The largest absolute Gasteiger partial charge is 0.326 e. The lowest BCUT2D eigenvalue weighted by atomic mass is 9.74. The fraction of sp³-hybridized carbons (Fsp3) is 0.500. The van der Waals surface area contributed by atoms with Gasteiger partial charge in [0.1, 0.15) is 5.82 Å². The van der Waals surface area contributed by atoms with Crippen LogP contribution in [-0.2, 0) is 4.79 Å². The lowest BCUT2D eigenvalue weighted by Crippen LogP contribution is -2.51. The molecule has 19 heavy (non-hydrogen) atoms. The Kier molecular flexibility index (Phi) is 4.26. The Morgan fingerprint density at radius 2 is 2.26 bits per heavy atom. The molecule has 1 aromatic carbocycles. The van der Waals surface area contributed by atoms with Crippen molar-refractivity contribution in [1.82, 2.24) is 0 Å². The summed E-state index contributed by atoms with van der Waals surface area (Å²) in [5.41, 5.74) is 6.32. The van der Waals surface area contributed by atoms with Gasteiger partial charge in [0, 0.05) is 11.2 Å². The van der Waals surface area contributed by atoms with Gasteiger partial charge in [-0.05, 0) is 53.9 Å². The number of amides is 1. The third-order valence-corrected chi connectivity index (χ3v) is 4.37. The van der Waals surface area contributed by atoms with Crippen LogP contribution in [0.2, 0.25) is 0 Å². The molecule has 1 aliphatic carbocycles. The van der Waals surface area contributed by atoms with E-state index >= 15 is 0 Å². The molecule has 2 unspecified atom stereocenters. The summed E-state index contributed by atoms with van der Waals surface area (Å²) in [6.45, 7) is 1.93. The standard InChI is InChI=1S/C14H18BrFN2O/c1-14(17)7-3-2-4-10(14)13(19)18-9-5-6-12(16)11(15)8-9/h5-6,8,10H,2-4,7,17H2,1H3,(H,18,19). The van der Waals surface area contributed by atoms with Gasteiger partial charge in [0.25, 0.3) is 0 Å². The van der Waals surface area contributed by atoms with E-state index in [4.69, 9.17) is 5.73 Å². The first kappa shape index (κ1) is 14.5. The van der Waals surface area contributed by atoms with Crippen molar-refractivity contribution in [3.63, 3.8) is 0 Å². The second-order valence-corrected chi connectivity index (χ2v) is 6.28. The Balaban J connectivity index is 2.09. The summed E-state index contributed by atoms with van der Waals surface area (Å²) < 4.78 is 13.5. The molecule has 3 N–H and O–H groups in total. The van der Waals surface area contributed by atoms with Crippen LogP contribution in [0.15, 0.2) is 22.7 Å². The maximum Gasteiger partial charge on any atom is 0.229 e. The SMILES string of the molecule is CC1(N)CCCCC1C(=O)Nc1ccc(F)c(Br)c1. The highest BCUT2D eigenvalue weighted by atomic mass is 79.9. The maximum absolute atomic E-state index is 13.1. The lowest BCUT2D eigenvalue weighted by molar-refractivity contribution is -0.122. The average molecular weight is 329 g/mol. The second-order valence-electron chi connectivity index (χ2n) is 5.42. The van der Waals surface area contributed by atoms with Crippen LogP contribution in [0.5, 0.6) is 0 Å². The quantitative estimate of drug-likeness (QED) is 0.873. The third-order valence-electron chi connectivity index (χ3n) is 3.76. The molecule has 0 aliphatic heterocycles. The molecule has 0 radical (unpaired) electrons. The van der Waals surface area contributed by atoms with Gasteiger partial charge >= 0.3 is 0 Å². The molecule has 2 rings (SSSR count). The molecule has 2 atom stereocenters. The second kappa shape index (κ2) is 5.59. The Morgan fingerprint density at radius 1 is 1.53 bits per heavy atom. The van der Waals surface area contributed by atoms with Gasteiger partial charge in [0.15, 0.2) is 0 Å². The number of nitrogens with two attached hydrogens (primary N) is 1. The molecule has 0 bridgehead atoms. The van der Waals surface area contributed by atoms with E-state index in [0.29, 0.717) is 10.2 Å². The van der Waals surface area contributed by atoms with Gasteiger partial charge < -0.3 is 11.1 Å². The van der Waals surface area contributed by atoms with Crippen LogP contribution >= 0.6 is 15.9 Å². The predicted octanol–water partition coefficient (Wildman–Crippen LogP) is 3.43. The fourth-order valence-corrected chi connectivity index (χ4v) is 2.97. The fourth-order valence-electron chi connectivity index (χ4n) is 2.59. The average Bonchev–Trinajstić information content (AvgIpc) is 2.33. The molecule has 1 aromatic rings. The molecule has 1 amide bonds. The third kappa shape index (κ3) is 3.34. The number of carbonyl (C=O) groups excluding carboxylic acids is 1. The van der Waals surface area contributed by atoms with Gasteiger partial charge in [-0.2, -0.15) is 0 Å². The molecule has 3 nitrogen and oxygen atoms in total. The van der Waals surface area contributed by atoms with Crippen LogP contribution in [0.25, 0.3) is 0 Å². The van der Waals surface area contributed by atoms with Crippen LogP contribution < -0.4 is 11.1 Å². The topological polar surface area (TPSA) is 55.1 Å². The summed E-state index contributed by atoms with van der Waals surface area (Å²) in [6, 6.07) is 4.43. The molecule has 1 saturated carbocycles. The van der Waals surface area contributed by atoms with Gasteiger partial charge in [-0.1, -0.05) is 12.8 Å². The number of anilines is 1. The van der Waals surface area contributed by atoms with Gasteiger partial charge in [-0.15, -0.1) is 0 Å². The Bertz CT molecular complexity index is 490. The van der Waals surface area contributed by atoms with Crippen LogP contribution in [0.3, 0.4) is 0 Å². The van der Waals surface area contributed by atoms with Crippen molar-refractivity contribution in [2.45, 2.75) is 38.1 Å². The first-order chi connectivity index (χ1) is 8.90. The number of hydrogen-bond acceptors (Lipinski definition) is 2. The highest BCUT2D eigenvalue weighted by Gasteiger charge is 2.37. The number of rotatable bonds is 2. The van der Waals surface area contributed by atoms with Crippen LogP contribution in [-0.4, -0.2) is 11.4 Å². The van der Waals surface area contributed by atoms with Gasteiger partial charge in [0.05, 0.1) is 10.4 Å².